The zero-order chi connectivity index (χ0) is 14.5. The summed E-state index contributed by atoms with van der Waals surface area (Å²) in [5.74, 6) is 0.580. The highest BCUT2D eigenvalue weighted by Crippen LogP contribution is 2.25. The van der Waals surface area contributed by atoms with Crippen molar-refractivity contribution < 1.29 is 22.6 Å². The summed E-state index contributed by atoms with van der Waals surface area (Å²) in [7, 11) is 0. The third-order valence-electron chi connectivity index (χ3n) is 2.41. The maximum Gasteiger partial charge on any atom is 0.411 e. The molecule has 6 heteroatoms. The molecule has 0 saturated carbocycles. The Bertz CT molecular complexity index is 405. The van der Waals surface area contributed by atoms with E-state index in [4.69, 9.17) is 10.5 Å². The molecule has 1 aromatic rings. The maximum absolute atomic E-state index is 11.8. The van der Waals surface area contributed by atoms with E-state index < -0.39 is 12.8 Å². The van der Waals surface area contributed by atoms with Crippen LogP contribution in [0, 0.1) is 6.92 Å². The van der Waals surface area contributed by atoms with E-state index in [0.29, 0.717) is 5.75 Å². The summed E-state index contributed by atoms with van der Waals surface area (Å²) in [6, 6.07) is 5.32. The van der Waals surface area contributed by atoms with Crippen LogP contribution < -0.4 is 10.5 Å². The van der Waals surface area contributed by atoms with Crippen molar-refractivity contribution in [2.45, 2.75) is 26.1 Å². The SMILES string of the molecule is Cc1ccc(OCCOCC(F)(F)F)c([C@@H](C)N)c1. The summed E-state index contributed by atoms with van der Waals surface area (Å²) >= 11 is 0. The third kappa shape index (κ3) is 5.94. The van der Waals surface area contributed by atoms with Crippen molar-refractivity contribution in [3.05, 3.63) is 29.3 Å². The molecule has 1 aromatic carbocycles. The molecule has 2 N–H and O–H groups in total. The van der Waals surface area contributed by atoms with Crippen molar-refractivity contribution in [1.29, 1.82) is 0 Å². The molecule has 0 saturated heterocycles. The summed E-state index contributed by atoms with van der Waals surface area (Å²) in [4.78, 5) is 0. The van der Waals surface area contributed by atoms with E-state index in [0.717, 1.165) is 11.1 Å². The second-order valence-corrected chi connectivity index (χ2v) is 4.35. The first kappa shape index (κ1) is 15.8. The van der Waals surface area contributed by atoms with Gasteiger partial charge in [-0.05, 0) is 19.9 Å². The molecule has 19 heavy (non-hydrogen) atoms. The number of rotatable bonds is 6. The van der Waals surface area contributed by atoms with Crippen molar-refractivity contribution in [2.75, 3.05) is 19.8 Å². The number of ether oxygens (including phenoxy) is 2. The lowest BCUT2D eigenvalue weighted by molar-refractivity contribution is -0.175. The smallest absolute Gasteiger partial charge is 0.411 e. The Labute approximate surface area is 110 Å². The van der Waals surface area contributed by atoms with Crippen molar-refractivity contribution >= 4 is 0 Å². The normalized spacial score (nSPS) is 13.4. The van der Waals surface area contributed by atoms with Gasteiger partial charge in [-0.15, -0.1) is 0 Å². The van der Waals surface area contributed by atoms with Crippen LogP contribution in [0.25, 0.3) is 0 Å². The van der Waals surface area contributed by atoms with Crippen LogP contribution in [0.4, 0.5) is 13.2 Å². The van der Waals surface area contributed by atoms with Gasteiger partial charge >= 0.3 is 6.18 Å². The van der Waals surface area contributed by atoms with Gasteiger partial charge in [0.15, 0.2) is 0 Å². The molecule has 0 radical (unpaired) electrons. The predicted molar refractivity (Wildman–Crippen MR) is 66.2 cm³/mol. The summed E-state index contributed by atoms with van der Waals surface area (Å²) in [6.45, 7) is 2.43. The minimum Gasteiger partial charge on any atom is -0.491 e. The van der Waals surface area contributed by atoms with Gasteiger partial charge in [0, 0.05) is 11.6 Å². The lowest BCUT2D eigenvalue weighted by Gasteiger charge is -2.15. The minimum atomic E-state index is -4.30. The van der Waals surface area contributed by atoms with Gasteiger partial charge < -0.3 is 15.2 Å². The molecule has 0 unspecified atom stereocenters. The van der Waals surface area contributed by atoms with Crippen molar-refractivity contribution in [3.8, 4) is 5.75 Å². The van der Waals surface area contributed by atoms with E-state index in [2.05, 4.69) is 4.74 Å². The van der Waals surface area contributed by atoms with Crippen LogP contribution in [-0.2, 0) is 4.74 Å². The molecular formula is C13H18F3NO2. The first-order valence-corrected chi connectivity index (χ1v) is 5.93. The average Bonchev–Trinajstić information content (AvgIpc) is 2.28. The van der Waals surface area contributed by atoms with Crippen LogP contribution in [-0.4, -0.2) is 26.0 Å². The van der Waals surface area contributed by atoms with Gasteiger partial charge in [0.2, 0.25) is 0 Å². The molecule has 3 nitrogen and oxygen atoms in total. The van der Waals surface area contributed by atoms with Crippen molar-refractivity contribution in [3.63, 3.8) is 0 Å². The Morgan fingerprint density at radius 2 is 1.95 bits per heavy atom. The molecule has 0 spiro atoms. The number of hydrogen-bond acceptors (Lipinski definition) is 3. The fraction of sp³-hybridized carbons (Fsp3) is 0.538. The van der Waals surface area contributed by atoms with E-state index in [1.54, 1.807) is 6.07 Å². The number of halogens is 3. The molecule has 0 aliphatic heterocycles. The standard InChI is InChI=1S/C13H18F3NO2/c1-9-3-4-12(11(7-9)10(2)17)19-6-5-18-8-13(14,15)16/h3-4,7,10H,5-6,8,17H2,1-2H3/t10-/m1/s1. The molecule has 1 atom stereocenters. The second kappa shape index (κ2) is 6.77. The highest BCUT2D eigenvalue weighted by atomic mass is 19.4. The fourth-order valence-electron chi connectivity index (χ4n) is 1.55. The molecule has 0 amide bonds. The van der Waals surface area contributed by atoms with Crippen LogP contribution in [0.5, 0.6) is 5.75 Å². The van der Waals surface area contributed by atoms with Gasteiger partial charge in [-0.25, -0.2) is 0 Å². The highest BCUT2D eigenvalue weighted by Gasteiger charge is 2.27. The van der Waals surface area contributed by atoms with E-state index >= 15 is 0 Å². The lowest BCUT2D eigenvalue weighted by Crippen LogP contribution is -2.19. The summed E-state index contributed by atoms with van der Waals surface area (Å²) in [6.07, 6.45) is -4.30. The topological polar surface area (TPSA) is 44.5 Å². The quantitative estimate of drug-likeness (QED) is 0.813. The van der Waals surface area contributed by atoms with Crippen molar-refractivity contribution in [2.24, 2.45) is 5.73 Å². The minimum absolute atomic E-state index is 0.0544. The number of aryl methyl sites for hydroxylation is 1. The number of benzene rings is 1. The van der Waals surface area contributed by atoms with E-state index in [-0.39, 0.29) is 19.3 Å². The van der Waals surface area contributed by atoms with Gasteiger partial charge in [0.05, 0.1) is 6.61 Å². The van der Waals surface area contributed by atoms with Gasteiger partial charge in [-0.1, -0.05) is 17.7 Å². The Hall–Kier alpha value is -1.27. The van der Waals surface area contributed by atoms with Gasteiger partial charge in [0.25, 0.3) is 0 Å². The zero-order valence-electron chi connectivity index (χ0n) is 11.0. The summed E-state index contributed by atoms with van der Waals surface area (Å²) in [5, 5.41) is 0. The van der Waals surface area contributed by atoms with Crippen LogP contribution in [0.2, 0.25) is 0 Å². The summed E-state index contributed by atoms with van der Waals surface area (Å²) < 4.78 is 45.4. The first-order chi connectivity index (χ1) is 8.79. The van der Waals surface area contributed by atoms with Crippen LogP contribution in [0.3, 0.4) is 0 Å². The number of nitrogens with two attached hydrogens (primary N) is 1. The van der Waals surface area contributed by atoms with E-state index in [9.17, 15) is 13.2 Å². The van der Waals surface area contributed by atoms with Crippen molar-refractivity contribution in [1.82, 2.24) is 0 Å². The molecular weight excluding hydrogens is 259 g/mol. The maximum atomic E-state index is 11.8. The lowest BCUT2D eigenvalue weighted by atomic mass is 10.1. The Morgan fingerprint density at radius 3 is 2.53 bits per heavy atom. The van der Waals surface area contributed by atoms with Crippen LogP contribution in [0.15, 0.2) is 18.2 Å². The molecule has 1 rings (SSSR count). The molecule has 108 valence electrons. The second-order valence-electron chi connectivity index (χ2n) is 4.35. The predicted octanol–water partition coefficient (Wildman–Crippen LogP) is 2.97. The summed E-state index contributed by atoms with van der Waals surface area (Å²) in [5.41, 5.74) is 7.69. The molecule has 0 aromatic heterocycles. The molecule has 0 aliphatic rings. The van der Waals surface area contributed by atoms with Crippen LogP contribution in [0.1, 0.15) is 24.1 Å². The van der Waals surface area contributed by atoms with E-state index in [1.165, 1.54) is 0 Å². The van der Waals surface area contributed by atoms with Gasteiger partial charge in [-0.3, -0.25) is 0 Å². The zero-order valence-corrected chi connectivity index (χ0v) is 11.0. The fourth-order valence-corrected chi connectivity index (χ4v) is 1.55. The number of hydrogen-bond donors (Lipinski definition) is 1. The molecule has 0 bridgehead atoms. The van der Waals surface area contributed by atoms with E-state index in [1.807, 2.05) is 26.0 Å². The molecule has 0 fully saturated rings. The monoisotopic (exact) mass is 277 g/mol. The highest BCUT2D eigenvalue weighted by molar-refractivity contribution is 5.38. The largest absolute Gasteiger partial charge is 0.491 e. The average molecular weight is 277 g/mol. The van der Waals surface area contributed by atoms with Gasteiger partial charge in [-0.2, -0.15) is 13.2 Å². The molecule has 0 aliphatic carbocycles. The Kier molecular flexibility index (Phi) is 5.62. The molecule has 0 heterocycles. The Morgan fingerprint density at radius 1 is 1.26 bits per heavy atom. The first-order valence-electron chi connectivity index (χ1n) is 5.93. The Balaban J connectivity index is 2.45. The van der Waals surface area contributed by atoms with Crippen LogP contribution >= 0.6 is 0 Å². The van der Waals surface area contributed by atoms with Gasteiger partial charge in [0.1, 0.15) is 19.0 Å². The third-order valence-corrected chi connectivity index (χ3v) is 2.41. The number of alkyl halides is 3.